The van der Waals surface area contributed by atoms with E-state index >= 15 is 0 Å². The quantitative estimate of drug-likeness (QED) is 0.197. The summed E-state index contributed by atoms with van der Waals surface area (Å²) >= 11 is 1.67. The number of thioether (sulfide) groups is 1. The molecule has 212 valence electrons. The van der Waals surface area contributed by atoms with Crippen molar-refractivity contribution in [3.8, 4) is 0 Å². The van der Waals surface area contributed by atoms with E-state index in [4.69, 9.17) is 4.74 Å². The first-order chi connectivity index (χ1) is 18.8. The second-order valence-electron chi connectivity index (χ2n) is 11.1. The Balaban J connectivity index is 1.66. The number of hydrogen-bond acceptors (Lipinski definition) is 6. The van der Waals surface area contributed by atoms with Crippen LogP contribution in [0.3, 0.4) is 0 Å². The van der Waals surface area contributed by atoms with Gasteiger partial charge in [-0.25, -0.2) is 0 Å². The summed E-state index contributed by atoms with van der Waals surface area (Å²) in [6.07, 6.45) is 8.56. The smallest absolute Gasteiger partial charge is 0.311 e. The topological polar surface area (TPSA) is 87.1 Å². The number of allylic oxidation sites excluding steroid dienone is 1. The molecule has 7 nitrogen and oxygen atoms in total. The summed E-state index contributed by atoms with van der Waals surface area (Å²) in [7, 11) is 0. The van der Waals surface area contributed by atoms with Crippen molar-refractivity contribution in [1.82, 2.24) is 9.80 Å². The molecule has 5 atom stereocenters. The zero-order chi connectivity index (χ0) is 28.0. The van der Waals surface area contributed by atoms with Crippen molar-refractivity contribution in [1.29, 1.82) is 0 Å². The highest BCUT2D eigenvalue weighted by Crippen LogP contribution is 2.71. The Hall–Kier alpha value is -2.58. The second-order valence-corrected chi connectivity index (χ2v) is 13.0. The van der Waals surface area contributed by atoms with Crippen LogP contribution in [0.15, 0.2) is 55.6 Å². The molecule has 3 saturated heterocycles. The van der Waals surface area contributed by atoms with Gasteiger partial charge < -0.3 is 19.6 Å². The van der Waals surface area contributed by atoms with Gasteiger partial charge >= 0.3 is 5.97 Å². The van der Waals surface area contributed by atoms with Crippen molar-refractivity contribution < 1.29 is 24.2 Å². The number of likely N-dealkylation sites (tertiary alicyclic amines) is 1. The molecule has 1 spiro atoms. The summed E-state index contributed by atoms with van der Waals surface area (Å²) in [4.78, 5) is 45.6. The number of aliphatic hydroxyl groups is 1. The summed E-state index contributed by atoms with van der Waals surface area (Å²) in [6, 6.07) is 9.18. The molecule has 3 heterocycles. The zero-order valence-corrected chi connectivity index (χ0v) is 23.9. The monoisotopic (exact) mass is 554 g/mol. The Labute approximate surface area is 236 Å². The van der Waals surface area contributed by atoms with Gasteiger partial charge in [0.05, 0.1) is 23.2 Å². The molecule has 8 heteroatoms. The van der Waals surface area contributed by atoms with Gasteiger partial charge in [0, 0.05) is 31.0 Å². The molecular weight excluding hydrogens is 512 g/mol. The van der Waals surface area contributed by atoms with Crippen molar-refractivity contribution in [3.63, 3.8) is 0 Å². The van der Waals surface area contributed by atoms with E-state index in [-0.39, 0.29) is 24.4 Å². The van der Waals surface area contributed by atoms with Crippen LogP contribution in [-0.4, -0.2) is 74.5 Å². The maximum atomic E-state index is 14.4. The second kappa shape index (κ2) is 12.7. The fraction of sp³-hybridized carbons (Fsp3) is 0.581. The van der Waals surface area contributed by atoms with Gasteiger partial charge in [0.25, 0.3) is 0 Å². The van der Waals surface area contributed by atoms with Gasteiger partial charge in [0.1, 0.15) is 6.04 Å². The first kappa shape index (κ1) is 29.4. The number of fused-ring (bicyclic) bond motifs is 1. The number of esters is 1. The lowest BCUT2D eigenvalue weighted by Crippen LogP contribution is -2.54. The Bertz CT molecular complexity index is 1060. The molecule has 2 bridgehead atoms. The van der Waals surface area contributed by atoms with Crippen LogP contribution in [0.1, 0.15) is 57.4 Å². The maximum Gasteiger partial charge on any atom is 0.311 e. The van der Waals surface area contributed by atoms with Crippen LogP contribution in [0.5, 0.6) is 0 Å². The number of carbonyl (C=O) groups excluding carboxylic acids is 3. The normalized spacial score (nSPS) is 28.8. The molecule has 2 amide bonds. The third-order valence-corrected chi connectivity index (χ3v) is 10.5. The van der Waals surface area contributed by atoms with Gasteiger partial charge in [-0.3, -0.25) is 14.4 Å². The Morgan fingerprint density at radius 2 is 1.92 bits per heavy atom. The highest BCUT2D eigenvalue weighted by Gasteiger charge is 2.77. The molecule has 3 aliphatic heterocycles. The van der Waals surface area contributed by atoms with Crippen molar-refractivity contribution in [2.24, 2.45) is 11.8 Å². The third kappa shape index (κ3) is 5.68. The highest BCUT2D eigenvalue weighted by molar-refractivity contribution is 8.02. The van der Waals surface area contributed by atoms with Gasteiger partial charge in [-0.05, 0) is 57.4 Å². The highest BCUT2D eigenvalue weighted by atomic mass is 32.2. The molecule has 3 fully saturated rings. The molecular formula is C31H42N2O5S. The summed E-state index contributed by atoms with van der Waals surface area (Å²) < 4.78 is 4.59. The number of unbranched alkanes of at least 4 members (excludes halogenated alkanes) is 3. The molecule has 1 N–H and O–H groups in total. The molecule has 2 unspecified atom stereocenters. The average Bonchev–Trinajstić information content (AvgIpc) is 3.49. The van der Waals surface area contributed by atoms with Crippen molar-refractivity contribution in [2.45, 2.75) is 74.0 Å². The minimum Gasteiger partial charge on any atom is -0.465 e. The minimum atomic E-state index is -0.666. The van der Waals surface area contributed by atoms with Crippen LogP contribution in [0.25, 0.3) is 0 Å². The molecule has 0 radical (unpaired) electrons. The van der Waals surface area contributed by atoms with E-state index in [1.54, 1.807) is 33.7 Å². The summed E-state index contributed by atoms with van der Waals surface area (Å²) in [5, 5.41) is 9.26. The molecule has 0 saturated carbocycles. The van der Waals surface area contributed by atoms with E-state index in [1.807, 2.05) is 30.3 Å². The van der Waals surface area contributed by atoms with Crippen LogP contribution >= 0.6 is 11.8 Å². The van der Waals surface area contributed by atoms with Crippen molar-refractivity contribution in [2.75, 3.05) is 26.3 Å². The van der Waals surface area contributed by atoms with Crippen LogP contribution in [0.2, 0.25) is 0 Å². The Morgan fingerprint density at radius 1 is 1.15 bits per heavy atom. The summed E-state index contributed by atoms with van der Waals surface area (Å²) in [5.41, 5.74) is 1.01. The molecule has 0 aliphatic carbocycles. The third-order valence-electron chi connectivity index (χ3n) is 8.50. The van der Waals surface area contributed by atoms with E-state index in [0.717, 1.165) is 24.8 Å². The number of nitrogens with zero attached hydrogens (tertiary/aromatic N) is 2. The Kier molecular flexibility index (Phi) is 9.60. The van der Waals surface area contributed by atoms with Crippen LogP contribution in [0, 0.1) is 11.8 Å². The predicted molar refractivity (Wildman–Crippen MR) is 154 cm³/mol. The zero-order valence-electron chi connectivity index (χ0n) is 23.1. The number of amides is 2. The van der Waals surface area contributed by atoms with E-state index in [9.17, 15) is 19.5 Å². The van der Waals surface area contributed by atoms with Crippen LogP contribution in [0.4, 0.5) is 0 Å². The molecule has 1 aromatic rings. The van der Waals surface area contributed by atoms with E-state index < -0.39 is 27.4 Å². The first-order valence-corrected chi connectivity index (χ1v) is 15.0. The number of carbonyl (C=O) groups is 3. The van der Waals surface area contributed by atoms with Crippen molar-refractivity contribution >= 4 is 29.5 Å². The van der Waals surface area contributed by atoms with Crippen LogP contribution < -0.4 is 0 Å². The van der Waals surface area contributed by atoms with Gasteiger partial charge in [0.2, 0.25) is 11.8 Å². The summed E-state index contributed by atoms with van der Waals surface area (Å²) in [5.74, 6) is -1.68. The molecule has 4 rings (SSSR count). The lowest BCUT2D eigenvalue weighted by atomic mass is 9.66. The van der Waals surface area contributed by atoms with Gasteiger partial charge in [-0.2, -0.15) is 0 Å². The predicted octanol–water partition coefficient (Wildman–Crippen LogP) is 4.35. The average molecular weight is 555 g/mol. The maximum absolute atomic E-state index is 14.4. The fourth-order valence-corrected chi connectivity index (χ4v) is 9.07. The first-order valence-electron chi connectivity index (χ1n) is 14.2. The van der Waals surface area contributed by atoms with Gasteiger partial charge in [-0.1, -0.05) is 42.5 Å². The SMILES string of the molecule is C=CCCCOC(=O)[C@@H]1[C@H]2C(=O)N(CCCCCO)C(C(=O)N(CC=C)Cc3ccccc3)C23CC[C@@]1(C)S3. The lowest BCUT2D eigenvalue weighted by Gasteiger charge is -2.37. The molecule has 39 heavy (non-hydrogen) atoms. The molecule has 1 aromatic carbocycles. The van der Waals surface area contributed by atoms with Gasteiger partial charge in [0.15, 0.2) is 0 Å². The van der Waals surface area contributed by atoms with E-state index in [1.165, 1.54) is 0 Å². The lowest BCUT2D eigenvalue weighted by molar-refractivity contribution is -0.155. The number of ether oxygens (including phenoxy) is 1. The van der Waals surface area contributed by atoms with E-state index in [2.05, 4.69) is 20.1 Å². The standard InChI is InChI=1S/C31H42N2O5S/c1-4-6-13-21-38-29(37)25-24-27(35)33(19-11-8-12-20-34)26(31(24)17-16-30(25,3)39-31)28(36)32(18-5-2)22-23-14-9-7-10-15-23/h4-5,7,9-10,14-15,24-26,34H,1-2,6,8,11-13,16-22H2,3H3/t24-,25-,26?,30+,31?/m0/s1. The summed E-state index contributed by atoms with van der Waals surface area (Å²) in [6.45, 7) is 11.3. The number of benzene rings is 1. The largest absolute Gasteiger partial charge is 0.465 e. The van der Waals surface area contributed by atoms with Crippen LogP contribution in [-0.2, 0) is 25.7 Å². The Morgan fingerprint density at radius 3 is 2.62 bits per heavy atom. The molecule has 0 aromatic heterocycles. The fourth-order valence-electron chi connectivity index (χ4n) is 6.73. The minimum absolute atomic E-state index is 0.0893. The van der Waals surface area contributed by atoms with Crippen molar-refractivity contribution in [3.05, 3.63) is 61.2 Å². The van der Waals surface area contributed by atoms with E-state index in [0.29, 0.717) is 51.9 Å². The molecule has 3 aliphatic rings. The number of rotatable bonds is 15. The number of aliphatic hydroxyl groups excluding tert-OH is 1. The number of hydrogen-bond donors (Lipinski definition) is 1. The van der Waals surface area contributed by atoms with Gasteiger partial charge in [-0.15, -0.1) is 24.9 Å².